The minimum Gasteiger partial charge on any atom is -0.308 e. The van der Waals surface area contributed by atoms with E-state index in [1.807, 2.05) is 107 Å². The third-order valence-corrected chi connectivity index (χ3v) is 13.2. The first-order valence-electron chi connectivity index (χ1n) is 15.3. The van der Waals surface area contributed by atoms with E-state index in [0.717, 1.165) is 27.5 Å². The SMILES string of the molecule is O=S1(=O)c2ccccc2N(c2ccc(-c3nsc(-c4ccc(N5c6ccccc6S(=O)(=O)c6ccccc65)cc4)n3)cc2)c2ccccc21. The second-order valence-corrected chi connectivity index (χ2v) is 16.1. The van der Waals surface area contributed by atoms with E-state index in [9.17, 15) is 16.8 Å². The van der Waals surface area contributed by atoms with Gasteiger partial charge in [-0.3, -0.25) is 0 Å². The van der Waals surface area contributed by atoms with Crippen LogP contribution in [0.1, 0.15) is 0 Å². The van der Waals surface area contributed by atoms with Crippen molar-refractivity contribution in [1.82, 2.24) is 9.36 Å². The van der Waals surface area contributed by atoms with Crippen LogP contribution in [0.4, 0.5) is 34.1 Å². The maximum absolute atomic E-state index is 13.4. The Kier molecular flexibility index (Phi) is 6.60. The Balaban J connectivity index is 1.02. The second kappa shape index (κ2) is 11.0. The standard InChI is InChI=1S/C38H24N4O4S3/c43-48(44)33-13-5-1-9-29(33)41(30-10-2-6-14-34(30)48)27-21-17-25(18-22-27)37-39-38(47-40-37)26-19-23-28(24-20-26)42-31-11-3-7-15-35(31)49(45,46)36-16-8-4-12-32(36)42/h1-24H. The predicted molar refractivity (Wildman–Crippen MR) is 191 cm³/mol. The summed E-state index contributed by atoms with van der Waals surface area (Å²) < 4.78 is 58.2. The van der Waals surface area contributed by atoms with Crippen LogP contribution in [0.5, 0.6) is 0 Å². The van der Waals surface area contributed by atoms with Gasteiger partial charge < -0.3 is 9.80 Å². The fraction of sp³-hybridized carbons (Fsp3) is 0. The molecular weight excluding hydrogens is 673 g/mol. The molecule has 6 aromatic carbocycles. The number of para-hydroxylation sites is 4. The van der Waals surface area contributed by atoms with Crippen molar-refractivity contribution in [2.75, 3.05) is 9.80 Å². The number of fused-ring (bicyclic) bond motifs is 4. The van der Waals surface area contributed by atoms with Crippen LogP contribution in [0, 0.1) is 0 Å². The van der Waals surface area contributed by atoms with Gasteiger partial charge in [-0.1, -0.05) is 48.5 Å². The summed E-state index contributed by atoms with van der Waals surface area (Å²) in [7, 11) is -7.29. The topological polar surface area (TPSA) is 101 Å². The number of benzene rings is 6. The van der Waals surface area contributed by atoms with E-state index in [-0.39, 0.29) is 19.6 Å². The molecule has 0 unspecified atom stereocenters. The average Bonchev–Trinajstić information content (AvgIpc) is 3.63. The Morgan fingerprint density at radius 1 is 0.429 bits per heavy atom. The molecule has 2 aliphatic heterocycles. The normalized spacial score (nSPS) is 15.1. The number of rotatable bonds is 4. The van der Waals surface area contributed by atoms with Crippen LogP contribution in [0.25, 0.3) is 22.0 Å². The average molecular weight is 697 g/mol. The van der Waals surface area contributed by atoms with Crippen molar-refractivity contribution in [2.45, 2.75) is 19.6 Å². The maximum atomic E-state index is 13.4. The molecule has 0 radical (unpaired) electrons. The molecule has 11 heteroatoms. The Hall–Kier alpha value is -5.62. The van der Waals surface area contributed by atoms with Crippen LogP contribution >= 0.6 is 11.5 Å². The van der Waals surface area contributed by atoms with Crippen LogP contribution in [0.3, 0.4) is 0 Å². The van der Waals surface area contributed by atoms with E-state index in [4.69, 9.17) is 4.98 Å². The lowest BCUT2D eigenvalue weighted by atomic mass is 10.1. The summed E-state index contributed by atoms with van der Waals surface area (Å²) in [5.74, 6) is 0.585. The summed E-state index contributed by atoms with van der Waals surface area (Å²) in [6.45, 7) is 0. The van der Waals surface area contributed by atoms with Gasteiger partial charge in [0.15, 0.2) is 5.82 Å². The highest BCUT2D eigenvalue weighted by atomic mass is 32.2. The smallest absolute Gasteiger partial charge is 0.210 e. The molecule has 0 N–H and O–H groups in total. The summed E-state index contributed by atoms with van der Waals surface area (Å²) in [5.41, 5.74) is 5.78. The fourth-order valence-corrected chi connectivity index (χ4v) is 10.4. The lowest BCUT2D eigenvalue weighted by Crippen LogP contribution is -2.21. The van der Waals surface area contributed by atoms with Crippen LogP contribution in [-0.4, -0.2) is 26.2 Å². The van der Waals surface area contributed by atoms with Crippen LogP contribution in [-0.2, 0) is 19.7 Å². The first-order chi connectivity index (χ1) is 23.8. The van der Waals surface area contributed by atoms with Crippen LogP contribution in [0.15, 0.2) is 165 Å². The molecule has 0 saturated carbocycles. The zero-order valence-corrected chi connectivity index (χ0v) is 28.0. The molecule has 9 rings (SSSR count). The first kappa shape index (κ1) is 29.5. The van der Waals surface area contributed by atoms with Crippen molar-refractivity contribution < 1.29 is 16.8 Å². The van der Waals surface area contributed by atoms with Crippen LogP contribution in [0.2, 0.25) is 0 Å². The maximum Gasteiger partial charge on any atom is 0.210 e. The zero-order chi connectivity index (χ0) is 33.3. The fourth-order valence-electron chi connectivity index (χ4n) is 6.50. The number of hydrogen-bond donors (Lipinski definition) is 0. The minimum atomic E-state index is -3.64. The van der Waals surface area contributed by atoms with Gasteiger partial charge in [-0.05, 0) is 109 Å². The Morgan fingerprint density at radius 2 is 0.776 bits per heavy atom. The first-order valence-corrected chi connectivity index (χ1v) is 19.1. The number of nitrogens with zero attached hydrogens (tertiary/aromatic N) is 4. The molecule has 7 aromatic rings. The largest absolute Gasteiger partial charge is 0.308 e. The second-order valence-electron chi connectivity index (χ2n) is 11.6. The van der Waals surface area contributed by atoms with Crippen molar-refractivity contribution >= 4 is 65.3 Å². The highest BCUT2D eigenvalue weighted by Gasteiger charge is 2.35. The molecule has 0 amide bonds. The molecule has 0 bridgehead atoms. The molecule has 0 saturated heterocycles. The number of hydrogen-bond acceptors (Lipinski definition) is 9. The van der Waals surface area contributed by atoms with Gasteiger partial charge >= 0.3 is 0 Å². The van der Waals surface area contributed by atoms with Gasteiger partial charge in [-0.2, -0.15) is 4.37 Å². The van der Waals surface area contributed by atoms with Gasteiger partial charge in [0, 0.05) is 22.5 Å². The molecule has 3 heterocycles. The van der Waals surface area contributed by atoms with Gasteiger partial charge in [0.2, 0.25) is 19.7 Å². The van der Waals surface area contributed by atoms with Crippen molar-refractivity contribution in [3.8, 4) is 22.0 Å². The van der Waals surface area contributed by atoms with E-state index < -0.39 is 19.7 Å². The highest BCUT2D eigenvalue weighted by molar-refractivity contribution is 7.92. The van der Waals surface area contributed by atoms with Gasteiger partial charge in [-0.15, -0.1) is 0 Å². The van der Waals surface area contributed by atoms with Gasteiger partial charge in [0.25, 0.3) is 0 Å². The molecule has 0 spiro atoms. The van der Waals surface area contributed by atoms with E-state index in [1.165, 1.54) is 11.5 Å². The van der Waals surface area contributed by atoms with Crippen molar-refractivity contribution in [3.63, 3.8) is 0 Å². The molecule has 8 nitrogen and oxygen atoms in total. The summed E-state index contributed by atoms with van der Waals surface area (Å²) in [6, 6.07) is 43.8. The summed E-state index contributed by atoms with van der Waals surface area (Å²) >= 11 is 1.30. The molecule has 0 atom stereocenters. The third kappa shape index (κ3) is 4.54. The van der Waals surface area contributed by atoms with E-state index >= 15 is 0 Å². The summed E-state index contributed by atoms with van der Waals surface area (Å²) in [5, 5.41) is 0.747. The zero-order valence-electron chi connectivity index (χ0n) is 25.5. The van der Waals surface area contributed by atoms with E-state index in [1.54, 1.807) is 48.5 Å². The van der Waals surface area contributed by atoms with E-state index in [0.29, 0.717) is 28.6 Å². The van der Waals surface area contributed by atoms with Crippen LogP contribution < -0.4 is 9.80 Å². The molecule has 238 valence electrons. The highest BCUT2D eigenvalue weighted by Crippen LogP contribution is 2.49. The third-order valence-electron chi connectivity index (χ3n) is 8.76. The minimum absolute atomic E-state index is 0.272. The Morgan fingerprint density at radius 3 is 1.16 bits per heavy atom. The van der Waals surface area contributed by atoms with Gasteiger partial charge in [0.1, 0.15) is 5.01 Å². The van der Waals surface area contributed by atoms with Gasteiger partial charge in [-0.25, -0.2) is 21.8 Å². The predicted octanol–water partition coefficient (Wildman–Crippen LogP) is 9.10. The monoisotopic (exact) mass is 696 g/mol. The van der Waals surface area contributed by atoms with Crippen molar-refractivity contribution in [1.29, 1.82) is 0 Å². The molecule has 0 aliphatic carbocycles. The lowest BCUT2D eigenvalue weighted by molar-refractivity contribution is 0.593. The summed E-state index contributed by atoms with van der Waals surface area (Å²) in [4.78, 5) is 9.86. The molecular formula is C38H24N4O4S3. The quantitative estimate of drug-likeness (QED) is 0.180. The van der Waals surface area contributed by atoms with Gasteiger partial charge in [0.05, 0.1) is 42.3 Å². The Bertz CT molecular complexity index is 2370. The number of sulfone groups is 2. The Labute approximate surface area is 287 Å². The molecule has 49 heavy (non-hydrogen) atoms. The molecule has 2 aliphatic rings. The summed E-state index contributed by atoms with van der Waals surface area (Å²) in [6.07, 6.45) is 0. The van der Waals surface area contributed by atoms with E-state index in [2.05, 4.69) is 4.37 Å². The van der Waals surface area contributed by atoms with Crippen molar-refractivity contribution in [2.24, 2.45) is 0 Å². The van der Waals surface area contributed by atoms with Crippen molar-refractivity contribution in [3.05, 3.63) is 146 Å². The lowest BCUT2D eigenvalue weighted by Gasteiger charge is -2.32. The number of aromatic nitrogens is 2. The number of anilines is 6. The molecule has 1 aromatic heterocycles. The molecule has 0 fully saturated rings.